The molecule has 0 radical (unpaired) electrons. The van der Waals surface area contributed by atoms with Gasteiger partial charge in [-0.15, -0.1) is 0 Å². The van der Waals surface area contributed by atoms with Crippen molar-refractivity contribution in [2.24, 2.45) is 10.9 Å². The third-order valence-corrected chi connectivity index (χ3v) is 6.22. The van der Waals surface area contributed by atoms with E-state index in [1.807, 2.05) is 0 Å². The second kappa shape index (κ2) is 6.19. The Balaban J connectivity index is 1.77. The Morgan fingerprint density at radius 2 is 1.81 bits per heavy atom. The van der Waals surface area contributed by atoms with E-state index in [-0.39, 0.29) is 5.54 Å². The van der Waals surface area contributed by atoms with E-state index in [9.17, 15) is 0 Å². The molecule has 0 atom stereocenters. The normalized spacial score (nSPS) is 28.8. The van der Waals surface area contributed by atoms with Gasteiger partial charge in [0.25, 0.3) is 0 Å². The lowest BCUT2D eigenvalue weighted by atomic mass is 9.79. The number of anilines is 1. The highest BCUT2D eigenvalue weighted by atomic mass is 35.5. The quantitative estimate of drug-likeness (QED) is 0.651. The zero-order valence-electron chi connectivity index (χ0n) is 11.8. The van der Waals surface area contributed by atoms with Crippen molar-refractivity contribution in [1.82, 2.24) is 0 Å². The molecule has 0 aromatic heterocycles. The van der Waals surface area contributed by atoms with Crippen molar-refractivity contribution in [1.29, 1.82) is 0 Å². The molecule has 1 aliphatic carbocycles. The molecule has 114 valence electrons. The van der Waals surface area contributed by atoms with Crippen molar-refractivity contribution in [3.8, 4) is 0 Å². The molecule has 3 rings (SSSR count). The van der Waals surface area contributed by atoms with Crippen LogP contribution in [0.15, 0.2) is 17.1 Å². The molecular weight excluding hydrogens is 347 g/mol. The zero-order valence-corrected chi connectivity index (χ0v) is 14.8. The van der Waals surface area contributed by atoms with Gasteiger partial charge >= 0.3 is 0 Å². The van der Waals surface area contributed by atoms with Gasteiger partial charge in [0.15, 0.2) is 5.17 Å². The van der Waals surface area contributed by atoms with Crippen LogP contribution < -0.4 is 5.32 Å². The van der Waals surface area contributed by atoms with Crippen LogP contribution in [0.3, 0.4) is 0 Å². The molecule has 1 spiro atoms. The molecule has 1 aromatic carbocycles. The number of halogens is 3. The van der Waals surface area contributed by atoms with Crippen LogP contribution in [-0.4, -0.2) is 16.5 Å². The first-order valence-electron chi connectivity index (χ1n) is 7.12. The third kappa shape index (κ3) is 3.47. The molecule has 0 unspecified atom stereocenters. The number of hydrogen-bond donors (Lipinski definition) is 1. The van der Waals surface area contributed by atoms with Crippen molar-refractivity contribution in [3.05, 3.63) is 27.2 Å². The van der Waals surface area contributed by atoms with Crippen LogP contribution in [0.5, 0.6) is 0 Å². The van der Waals surface area contributed by atoms with Gasteiger partial charge in [0.2, 0.25) is 0 Å². The molecule has 2 nitrogen and oxygen atoms in total. The van der Waals surface area contributed by atoms with Gasteiger partial charge in [-0.3, -0.25) is 4.99 Å². The van der Waals surface area contributed by atoms with Crippen LogP contribution in [0.1, 0.15) is 32.6 Å². The molecule has 0 amide bonds. The third-order valence-electron chi connectivity index (χ3n) is 4.26. The highest BCUT2D eigenvalue weighted by molar-refractivity contribution is 8.14. The van der Waals surface area contributed by atoms with E-state index in [2.05, 4.69) is 12.2 Å². The summed E-state index contributed by atoms with van der Waals surface area (Å²) in [5.41, 5.74) is 0.806. The van der Waals surface area contributed by atoms with Crippen LogP contribution in [0, 0.1) is 5.92 Å². The molecule has 1 N–H and O–H groups in total. The number of aliphatic imine (C=N–C) groups is 1. The van der Waals surface area contributed by atoms with E-state index >= 15 is 0 Å². The van der Waals surface area contributed by atoms with Gasteiger partial charge in [0, 0.05) is 10.8 Å². The van der Waals surface area contributed by atoms with Crippen molar-refractivity contribution >= 4 is 57.4 Å². The fourth-order valence-corrected chi connectivity index (χ4v) is 4.97. The minimum Gasteiger partial charge on any atom is -0.333 e. The van der Waals surface area contributed by atoms with E-state index in [1.165, 1.54) is 25.7 Å². The molecule has 0 bridgehead atoms. The number of nitrogens with zero attached hydrogens (tertiary/aromatic N) is 1. The Hall–Kier alpha value is -0.0900. The molecule has 1 fully saturated rings. The molecular formula is C15H17Cl3N2S. The molecule has 1 aromatic rings. The van der Waals surface area contributed by atoms with E-state index in [0.717, 1.165) is 16.8 Å². The Morgan fingerprint density at radius 3 is 2.43 bits per heavy atom. The molecule has 2 aliphatic rings. The molecule has 6 heteroatoms. The number of benzene rings is 1. The van der Waals surface area contributed by atoms with Crippen molar-refractivity contribution < 1.29 is 0 Å². The first kappa shape index (κ1) is 15.8. The lowest BCUT2D eigenvalue weighted by Crippen LogP contribution is -2.32. The number of amidine groups is 1. The van der Waals surface area contributed by atoms with Crippen LogP contribution in [0.4, 0.5) is 5.69 Å². The summed E-state index contributed by atoms with van der Waals surface area (Å²) >= 11 is 20.1. The largest absolute Gasteiger partial charge is 0.333 e. The Bertz CT molecular complexity index is 557. The lowest BCUT2D eigenvalue weighted by Gasteiger charge is -2.32. The minimum atomic E-state index is 0.116. The van der Waals surface area contributed by atoms with Gasteiger partial charge in [0.1, 0.15) is 0 Å². The first-order valence-corrected chi connectivity index (χ1v) is 9.24. The summed E-state index contributed by atoms with van der Waals surface area (Å²) in [4.78, 5) is 4.93. The van der Waals surface area contributed by atoms with E-state index < -0.39 is 0 Å². The van der Waals surface area contributed by atoms with Crippen LogP contribution in [0.2, 0.25) is 15.1 Å². The number of nitrogens with one attached hydrogen (secondary N) is 1. The Labute approximate surface area is 144 Å². The number of thioether (sulfide) groups is 1. The van der Waals surface area contributed by atoms with E-state index in [1.54, 1.807) is 23.9 Å². The van der Waals surface area contributed by atoms with Gasteiger partial charge in [-0.2, -0.15) is 0 Å². The van der Waals surface area contributed by atoms with Gasteiger partial charge in [-0.25, -0.2) is 0 Å². The number of hydrogen-bond acceptors (Lipinski definition) is 3. The van der Waals surface area contributed by atoms with Crippen molar-refractivity contribution in [2.45, 2.75) is 38.1 Å². The summed E-state index contributed by atoms with van der Waals surface area (Å²) in [6, 6.07) is 3.38. The van der Waals surface area contributed by atoms with E-state index in [0.29, 0.717) is 20.8 Å². The van der Waals surface area contributed by atoms with Gasteiger partial charge in [-0.1, -0.05) is 53.5 Å². The summed E-state index contributed by atoms with van der Waals surface area (Å²) in [6.07, 6.45) is 4.88. The fraction of sp³-hybridized carbons (Fsp3) is 0.533. The standard InChI is InChI=1S/C15H17Cl3N2S/c1-9-2-4-15(5-3-9)8-21-14(20-15)19-13-11(17)6-10(16)7-12(13)18/h6-7,9H,2-5,8H2,1H3,(H,19,20). The molecule has 1 aliphatic heterocycles. The van der Waals surface area contributed by atoms with Crippen LogP contribution in [0.25, 0.3) is 0 Å². The predicted octanol–water partition coefficient (Wildman–Crippen LogP) is 6.11. The lowest BCUT2D eigenvalue weighted by molar-refractivity contribution is 0.273. The Kier molecular flexibility index (Phi) is 4.66. The summed E-state index contributed by atoms with van der Waals surface area (Å²) in [7, 11) is 0. The average molecular weight is 364 g/mol. The summed E-state index contributed by atoms with van der Waals surface area (Å²) in [6.45, 7) is 2.32. The number of rotatable bonds is 1. The average Bonchev–Trinajstić information content (AvgIpc) is 2.81. The molecule has 1 heterocycles. The topological polar surface area (TPSA) is 24.4 Å². The van der Waals surface area contributed by atoms with Crippen LogP contribution >= 0.6 is 46.6 Å². The maximum absolute atomic E-state index is 6.21. The maximum atomic E-state index is 6.21. The monoisotopic (exact) mass is 362 g/mol. The van der Waals surface area contributed by atoms with Gasteiger partial charge in [-0.05, 0) is 43.7 Å². The molecule has 0 saturated heterocycles. The zero-order chi connectivity index (χ0) is 15.0. The highest BCUT2D eigenvalue weighted by Crippen LogP contribution is 2.42. The first-order chi connectivity index (χ1) is 9.97. The van der Waals surface area contributed by atoms with Gasteiger partial charge in [0.05, 0.1) is 21.3 Å². The highest BCUT2D eigenvalue weighted by Gasteiger charge is 2.38. The second-order valence-electron chi connectivity index (χ2n) is 5.98. The predicted molar refractivity (Wildman–Crippen MR) is 95.4 cm³/mol. The Morgan fingerprint density at radius 1 is 1.19 bits per heavy atom. The summed E-state index contributed by atoms with van der Waals surface area (Å²) < 4.78 is 0. The summed E-state index contributed by atoms with van der Waals surface area (Å²) in [5.74, 6) is 1.87. The summed E-state index contributed by atoms with van der Waals surface area (Å²) in [5, 5.41) is 5.77. The fourth-order valence-electron chi connectivity index (χ4n) is 2.87. The molecule has 1 saturated carbocycles. The SMILES string of the molecule is CC1CCC2(CC1)CSC(Nc1c(Cl)cc(Cl)cc1Cl)=N2. The smallest absolute Gasteiger partial charge is 0.161 e. The van der Waals surface area contributed by atoms with Gasteiger partial charge < -0.3 is 5.32 Å². The van der Waals surface area contributed by atoms with Crippen molar-refractivity contribution in [2.75, 3.05) is 11.1 Å². The van der Waals surface area contributed by atoms with Crippen molar-refractivity contribution in [3.63, 3.8) is 0 Å². The minimum absolute atomic E-state index is 0.116. The maximum Gasteiger partial charge on any atom is 0.161 e. The molecule has 21 heavy (non-hydrogen) atoms. The van der Waals surface area contributed by atoms with Crippen LogP contribution in [-0.2, 0) is 0 Å². The second-order valence-corrected chi connectivity index (χ2v) is 8.20. The van der Waals surface area contributed by atoms with E-state index in [4.69, 9.17) is 39.8 Å².